The molecule has 2 heterocycles. The van der Waals surface area contributed by atoms with Gasteiger partial charge in [-0.3, -0.25) is 0 Å². The van der Waals surface area contributed by atoms with Crippen LogP contribution in [0, 0.1) is 5.82 Å². The molecule has 3 heteroatoms. The summed E-state index contributed by atoms with van der Waals surface area (Å²) in [6, 6.07) is 7.12. The summed E-state index contributed by atoms with van der Waals surface area (Å²) < 4.78 is 12.9. The highest BCUT2D eigenvalue weighted by atomic mass is 19.1. The fourth-order valence-electron chi connectivity index (χ4n) is 3.12. The van der Waals surface area contributed by atoms with E-state index in [1.54, 1.807) is 12.1 Å². The van der Waals surface area contributed by atoms with E-state index in [9.17, 15) is 9.50 Å². The number of benzene rings is 1. The van der Waals surface area contributed by atoms with Crippen molar-refractivity contribution in [2.45, 2.75) is 43.4 Å². The number of halogens is 1. The highest BCUT2D eigenvalue weighted by molar-refractivity contribution is 5.25. The second kappa shape index (κ2) is 3.54. The van der Waals surface area contributed by atoms with Gasteiger partial charge in [0.15, 0.2) is 0 Å². The number of aliphatic hydroxyl groups is 1. The summed E-state index contributed by atoms with van der Waals surface area (Å²) in [5, 5.41) is 14.1. The fourth-order valence-corrected chi connectivity index (χ4v) is 3.12. The van der Waals surface area contributed by atoms with Crippen molar-refractivity contribution in [1.29, 1.82) is 0 Å². The van der Waals surface area contributed by atoms with E-state index in [0.29, 0.717) is 12.1 Å². The quantitative estimate of drug-likeness (QED) is 0.759. The normalized spacial score (nSPS) is 37.6. The van der Waals surface area contributed by atoms with E-state index in [1.807, 2.05) is 0 Å². The summed E-state index contributed by atoms with van der Waals surface area (Å²) in [7, 11) is 0. The Kier molecular flexibility index (Phi) is 2.26. The van der Waals surface area contributed by atoms with Crippen molar-refractivity contribution in [1.82, 2.24) is 5.32 Å². The van der Waals surface area contributed by atoms with Crippen LogP contribution in [0.3, 0.4) is 0 Å². The summed E-state index contributed by atoms with van der Waals surface area (Å²) in [6.45, 7) is 0. The molecule has 0 spiro atoms. The number of nitrogens with one attached hydrogen (secondary N) is 1. The van der Waals surface area contributed by atoms with E-state index in [2.05, 4.69) is 5.32 Å². The van der Waals surface area contributed by atoms with Gasteiger partial charge in [-0.2, -0.15) is 0 Å². The first-order valence-corrected chi connectivity index (χ1v) is 5.90. The van der Waals surface area contributed by atoms with Gasteiger partial charge in [0, 0.05) is 12.1 Å². The molecule has 1 unspecified atom stereocenters. The van der Waals surface area contributed by atoms with Crippen LogP contribution in [0.15, 0.2) is 24.3 Å². The first-order chi connectivity index (χ1) is 7.66. The van der Waals surface area contributed by atoms with Gasteiger partial charge in [0.05, 0.1) is 5.60 Å². The molecule has 2 saturated heterocycles. The van der Waals surface area contributed by atoms with E-state index in [1.165, 1.54) is 12.1 Å². The molecule has 2 aliphatic rings. The van der Waals surface area contributed by atoms with Crippen LogP contribution in [0.25, 0.3) is 0 Å². The zero-order valence-electron chi connectivity index (χ0n) is 9.12. The van der Waals surface area contributed by atoms with Crippen LogP contribution in [0.1, 0.15) is 31.2 Å². The third-order valence-electron chi connectivity index (χ3n) is 3.88. The molecule has 86 valence electrons. The molecule has 2 fully saturated rings. The number of fused-ring (bicyclic) bond motifs is 2. The molecule has 0 aromatic heterocycles. The summed E-state index contributed by atoms with van der Waals surface area (Å²) >= 11 is 0. The molecule has 2 N–H and O–H groups in total. The van der Waals surface area contributed by atoms with Crippen LogP contribution in [-0.4, -0.2) is 17.2 Å². The molecule has 2 bridgehead atoms. The predicted molar refractivity (Wildman–Crippen MR) is 59.5 cm³/mol. The standard InChI is InChI=1S/C13H16FNO/c14-10-3-1-9(2-4-10)13(16)7-11-5-6-12(8-13)15-11/h1-4,11-12,15-16H,5-8H2/t11-,12+,13?. The summed E-state index contributed by atoms with van der Waals surface area (Å²) in [6.07, 6.45) is 3.78. The Morgan fingerprint density at radius 3 is 2.25 bits per heavy atom. The lowest BCUT2D eigenvalue weighted by atomic mass is 9.81. The van der Waals surface area contributed by atoms with Gasteiger partial charge in [0.1, 0.15) is 5.82 Å². The van der Waals surface area contributed by atoms with E-state index in [0.717, 1.165) is 31.2 Å². The number of rotatable bonds is 1. The van der Waals surface area contributed by atoms with Gasteiger partial charge in [0.25, 0.3) is 0 Å². The molecule has 0 radical (unpaired) electrons. The molecule has 3 rings (SSSR count). The fraction of sp³-hybridized carbons (Fsp3) is 0.538. The summed E-state index contributed by atoms with van der Waals surface area (Å²) in [5.41, 5.74) is 0.0948. The van der Waals surface area contributed by atoms with Crippen molar-refractivity contribution < 1.29 is 9.50 Å². The van der Waals surface area contributed by atoms with E-state index >= 15 is 0 Å². The Hall–Kier alpha value is -0.930. The molecule has 0 amide bonds. The maximum Gasteiger partial charge on any atom is 0.123 e. The van der Waals surface area contributed by atoms with Crippen LogP contribution >= 0.6 is 0 Å². The molecule has 1 aromatic carbocycles. The average molecular weight is 221 g/mol. The number of hydrogen-bond acceptors (Lipinski definition) is 2. The smallest absolute Gasteiger partial charge is 0.123 e. The molecule has 1 aromatic rings. The van der Waals surface area contributed by atoms with Crippen LogP contribution in [0.2, 0.25) is 0 Å². The molecular formula is C13H16FNO. The lowest BCUT2D eigenvalue weighted by Gasteiger charge is -2.37. The molecule has 2 nitrogen and oxygen atoms in total. The Morgan fingerprint density at radius 1 is 1.12 bits per heavy atom. The van der Waals surface area contributed by atoms with Gasteiger partial charge >= 0.3 is 0 Å². The third kappa shape index (κ3) is 1.64. The van der Waals surface area contributed by atoms with Gasteiger partial charge in [-0.05, 0) is 43.4 Å². The summed E-state index contributed by atoms with van der Waals surface area (Å²) in [5.74, 6) is -0.246. The molecular weight excluding hydrogens is 205 g/mol. The van der Waals surface area contributed by atoms with E-state index in [4.69, 9.17) is 0 Å². The molecule has 0 saturated carbocycles. The first kappa shape index (κ1) is 10.2. The minimum atomic E-state index is -0.759. The minimum absolute atomic E-state index is 0.246. The monoisotopic (exact) mass is 221 g/mol. The van der Waals surface area contributed by atoms with Crippen molar-refractivity contribution in [2.75, 3.05) is 0 Å². The van der Waals surface area contributed by atoms with E-state index < -0.39 is 5.60 Å². The van der Waals surface area contributed by atoms with Gasteiger partial charge in [-0.25, -0.2) is 4.39 Å². The van der Waals surface area contributed by atoms with Crippen LogP contribution < -0.4 is 5.32 Å². The Labute approximate surface area is 94.5 Å². The molecule has 3 atom stereocenters. The third-order valence-corrected chi connectivity index (χ3v) is 3.88. The summed E-state index contributed by atoms with van der Waals surface area (Å²) in [4.78, 5) is 0. The highest BCUT2D eigenvalue weighted by Crippen LogP contribution is 2.40. The maximum absolute atomic E-state index is 12.9. The van der Waals surface area contributed by atoms with Crippen LogP contribution in [0.5, 0.6) is 0 Å². The maximum atomic E-state index is 12.9. The second-order valence-electron chi connectivity index (χ2n) is 5.08. The lowest BCUT2D eigenvalue weighted by Crippen LogP contribution is -2.46. The topological polar surface area (TPSA) is 32.3 Å². The Bertz CT molecular complexity index is 377. The van der Waals surface area contributed by atoms with Gasteiger partial charge in [0.2, 0.25) is 0 Å². The largest absolute Gasteiger partial charge is 0.385 e. The van der Waals surface area contributed by atoms with Crippen molar-refractivity contribution in [3.63, 3.8) is 0 Å². The highest BCUT2D eigenvalue weighted by Gasteiger charge is 2.43. The number of piperidine rings is 1. The minimum Gasteiger partial charge on any atom is -0.385 e. The average Bonchev–Trinajstić information content (AvgIpc) is 2.59. The van der Waals surface area contributed by atoms with Gasteiger partial charge < -0.3 is 10.4 Å². The zero-order valence-corrected chi connectivity index (χ0v) is 9.12. The number of hydrogen-bond donors (Lipinski definition) is 2. The van der Waals surface area contributed by atoms with Gasteiger partial charge in [-0.1, -0.05) is 12.1 Å². The van der Waals surface area contributed by atoms with E-state index in [-0.39, 0.29) is 5.82 Å². The molecule has 0 aliphatic carbocycles. The van der Waals surface area contributed by atoms with Crippen molar-refractivity contribution in [3.8, 4) is 0 Å². The lowest BCUT2D eigenvalue weighted by molar-refractivity contribution is -0.0115. The van der Waals surface area contributed by atoms with Crippen LogP contribution in [0.4, 0.5) is 4.39 Å². The SMILES string of the molecule is OC1(c2ccc(F)cc2)C[C@H]2CC[C@@H](C1)N2. The first-order valence-electron chi connectivity index (χ1n) is 5.90. The van der Waals surface area contributed by atoms with Crippen molar-refractivity contribution >= 4 is 0 Å². The second-order valence-corrected chi connectivity index (χ2v) is 5.08. The molecule has 2 aliphatic heterocycles. The van der Waals surface area contributed by atoms with Crippen molar-refractivity contribution in [3.05, 3.63) is 35.6 Å². The Morgan fingerprint density at radius 2 is 1.69 bits per heavy atom. The Balaban J connectivity index is 1.90. The predicted octanol–water partition coefficient (Wildman–Crippen LogP) is 1.93. The van der Waals surface area contributed by atoms with Crippen molar-refractivity contribution in [2.24, 2.45) is 0 Å². The van der Waals surface area contributed by atoms with Crippen LogP contribution in [-0.2, 0) is 5.60 Å². The zero-order chi connectivity index (χ0) is 11.2. The molecule has 16 heavy (non-hydrogen) atoms. The van der Waals surface area contributed by atoms with Gasteiger partial charge in [-0.15, -0.1) is 0 Å².